The van der Waals surface area contributed by atoms with Crippen LogP contribution >= 0.6 is 0 Å². The Balaban J connectivity index is 2.47. The number of carbonyl (C=O) groups is 2. The van der Waals surface area contributed by atoms with Crippen molar-refractivity contribution >= 4 is 22.9 Å². The molecule has 0 radical (unpaired) electrons. The average Bonchev–Trinajstić information content (AvgIpc) is 2.49. The second kappa shape index (κ2) is 9.12. The lowest BCUT2D eigenvalue weighted by Crippen LogP contribution is -2.42. The number of alkyl carbamates (subject to hydrolysis) is 1. The number of benzene rings is 1. The Morgan fingerprint density at radius 2 is 1.95 bits per heavy atom. The van der Waals surface area contributed by atoms with Crippen molar-refractivity contribution in [3.8, 4) is 0 Å². The largest absolute Gasteiger partial charge is 0.467 e. The van der Waals surface area contributed by atoms with Gasteiger partial charge in [0.2, 0.25) is 0 Å². The molecule has 0 aliphatic heterocycles. The molecule has 21 heavy (non-hydrogen) atoms. The van der Waals surface area contributed by atoms with E-state index in [1.54, 1.807) is 0 Å². The standard InChI is InChI=1S/C14H19NO5S/c1-19-13(16)12(8-9-21(2)18)15-14(17)20-10-11-6-4-3-5-7-11/h3-7,12H,8-10H2,1-2H3,(H,15,17). The summed E-state index contributed by atoms with van der Waals surface area (Å²) in [5.74, 6) is -0.296. The molecule has 2 atom stereocenters. The van der Waals surface area contributed by atoms with Crippen molar-refractivity contribution in [3.05, 3.63) is 35.9 Å². The van der Waals surface area contributed by atoms with Gasteiger partial charge in [0.1, 0.15) is 12.6 Å². The van der Waals surface area contributed by atoms with Gasteiger partial charge < -0.3 is 14.8 Å². The molecule has 1 aromatic rings. The second-order valence-corrected chi connectivity index (χ2v) is 5.90. The molecule has 0 heterocycles. The van der Waals surface area contributed by atoms with Crippen LogP contribution in [-0.4, -0.2) is 41.4 Å². The zero-order chi connectivity index (χ0) is 15.7. The van der Waals surface area contributed by atoms with Gasteiger partial charge in [0.15, 0.2) is 0 Å². The number of esters is 1. The Labute approximate surface area is 126 Å². The first-order chi connectivity index (χ1) is 10.0. The lowest BCUT2D eigenvalue weighted by molar-refractivity contribution is -0.143. The lowest BCUT2D eigenvalue weighted by Gasteiger charge is -2.15. The van der Waals surface area contributed by atoms with Gasteiger partial charge in [-0.3, -0.25) is 4.21 Å². The smallest absolute Gasteiger partial charge is 0.408 e. The maximum absolute atomic E-state index is 11.7. The van der Waals surface area contributed by atoms with Gasteiger partial charge >= 0.3 is 12.1 Å². The Bertz CT molecular complexity index is 491. The highest BCUT2D eigenvalue weighted by Gasteiger charge is 2.22. The summed E-state index contributed by atoms with van der Waals surface area (Å²) in [6.07, 6.45) is 1.05. The van der Waals surface area contributed by atoms with E-state index in [4.69, 9.17) is 4.74 Å². The van der Waals surface area contributed by atoms with Crippen molar-refractivity contribution in [2.24, 2.45) is 0 Å². The molecule has 116 valence electrons. The fourth-order valence-corrected chi connectivity index (χ4v) is 2.15. The molecular weight excluding hydrogens is 294 g/mol. The molecule has 0 fully saturated rings. The monoisotopic (exact) mass is 313 g/mol. The van der Waals surface area contributed by atoms with Gasteiger partial charge in [-0.15, -0.1) is 0 Å². The van der Waals surface area contributed by atoms with Gasteiger partial charge in [-0.1, -0.05) is 30.3 Å². The molecule has 0 saturated carbocycles. The van der Waals surface area contributed by atoms with Crippen LogP contribution in [0.2, 0.25) is 0 Å². The highest BCUT2D eigenvalue weighted by Crippen LogP contribution is 2.02. The van der Waals surface area contributed by atoms with Crippen LogP contribution < -0.4 is 5.32 Å². The predicted molar refractivity (Wildman–Crippen MR) is 79.1 cm³/mol. The minimum Gasteiger partial charge on any atom is -0.467 e. The minimum atomic E-state index is -1.05. The van der Waals surface area contributed by atoms with E-state index in [0.717, 1.165) is 5.56 Å². The molecule has 0 saturated heterocycles. The summed E-state index contributed by atoms with van der Waals surface area (Å²) in [5.41, 5.74) is 0.844. The fourth-order valence-electron chi connectivity index (χ4n) is 1.58. The predicted octanol–water partition coefficient (Wildman–Crippen LogP) is 1.22. The summed E-state index contributed by atoms with van der Waals surface area (Å²) in [5, 5.41) is 2.42. The summed E-state index contributed by atoms with van der Waals surface area (Å²) in [6, 6.07) is 8.33. The topological polar surface area (TPSA) is 81.7 Å². The summed E-state index contributed by atoms with van der Waals surface area (Å²) in [6.45, 7) is 0.111. The van der Waals surface area contributed by atoms with E-state index >= 15 is 0 Å². The Morgan fingerprint density at radius 3 is 2.52 bits per heavy atom. The van der Waals surface area contributed by atoms with Gasteiger partial charge in [-0.2, -0.15) is 0 Å². The van der Waals surface area contributed by atoms with Crippen molar-refractivity contribution in [2.45, 2.75) is 19.1 Å². The summed E-state index contributed by atoms with van der Waals surface area (Å²) >= 11 is 0. The minimum absolute atomic E-state index is 0.111. The number of hydrogen-bond donors (Lipinski definition) is 1. The first-order valence-electron chi connectivity index (χ1n) is 6.38. The summed E-state index contributed by atoms with van der Waals surface area (Å²) in [4.78, 5) is 23.2. The third kappa shape index (κ3) is 6.89. The van der Waals surface area contributed by atoms with E-state index in [2.05, 4.69) is 10.1 Å². The number of ether oxygens (including phenoxy) is 2. The fraction of sp³-hybridized carbons (Fsp3) is 0.429. The molecule has 1 rings (SSSR count). The van der Waals surface area contributed by atoms with Crippen LogP contribution in [0.1, 0.15) is 12.0 Å². The number of carbonyl (C=O) groups excluding carboxylic acids is 2. The maximum atomic E-state index is 11.7. The van der Waals surface area contributed by atoms with Crippen molar-refractivity contribution in [2.75, 3.05) is 19.1 Å². The van der Waals surface area contributed by atoms with Crippen molar-refractivity contribution in [3.63, 3.8) is 0 Å². The number of rotatable bonds is 7. The number of amides is 1. The highest BCUT2D eigenvalue weighted by atomic mass is 32.2. The third-order valence-electron chi connectivity index (χ3n) is 2.68. The van der Waals surface area contributed by atoms with Crippen LogP contribution in [-0.2, 0) is 31.7 Å². The molecule has 0 spiro atoms. The number of methoxy groups -OCH3 is 1. The van der Waals surface area contributed by atoms with Crippen molar-refractivity contribution in [1.29, 1.82) is 0 Å². The van der Waals surface area contributed by atoms with E-state index in [0.29, 0.717) is 5.75 Å². The van der Waals surface area contributed by atoms with Gasteiger partial charge in [0.25, 0.3) is 0 Å². The molecule has 7 heteroatoms. The van der Waals surface area contributed by atoms with E-state index in [-0.39, 0.29) is 13.0 Å². The molecule has 6 nitrogen and oxygen atoms in total. The van der Waals surface area contributed by atoms with E-state index in [1.165, 1.54) is 13.4 Å². The highest BCUT2D eigenvalue weighted by molar-refractivity contribution is 7.84. The van der Waals surface area contributed by atoms with Gasteiger partial charge in [-0.25, -0.2) is 9.59 Å². The van der Waals surface area contributed by atoms with E-state index < -0.39 is 28.9 Å². The molecule has 0 aliphatic carbocycles. The van der Waals surface area contributed by atoms with Crippen LogP contribution in [0.4, 0.5) is 4.79 Å². The Hall–Kier alpha value is -1.89. The van der Waals surface area contributed by atoms with Crippen molar-refractivity contribution < 1.29 is 23.3 Å². The summed E-state index contributed by atoms with van der Waals surface area (Å²) < 4.78 is 20.7. The zero-order valence-corrected chi connectivity index (χ0v) is 12.9. The van der Waals surface area contributed by atoms with Gasteiger partial charge in [0, 0.05) is 22.8 Å². The molecule has 1 N–H and O–H groups in total. The van der Waals surface area contributed by atoms with Crippen LogP contribution in [0.15, 0.2) is 30.3 Å². The second-order valence-electron chi connectivity index (χ2n) is 4.35. The van der Waals surface area contributed by atoms with Crippen LogP contribution in [0.3, 0.4) is 0 Å². The van der Waals surface area contributed by atoms with Crippen molar-refractivity contribution in [1.82, 2.24) is 5.32 Å². The normalized spacial score (nSPS) is 13.0. The molecule has 0 bridgehead atoms. The maximum Gasteiger partial charge on any atom is 0.408 e. The van der Waals surface area contributed by atoms with E-state index in [9.17, 15) is 13.8 Å². The van der Waals surface area contributed by atoms with Gasteiger partial charge in [-0.05, 0) is 12.0 Å². The lowest BCUT2D eigenvalue weighted by atomic mass is 10.2. The molecular formula is C14H19NO5S. The quantitative estimate of drug-likeness (QED) is 0.766. The SMILES string of the molecule is COC(=O)C(CCS(C)=O)NC(=O)OCc1ccccc1. The first-order valence-corrected chi connectivity index (χ1v) is 8.10. The van der Waals surface area contributed by atoms with Crippen LogP contribution in [0, 0.1) is 0 Å². The van der Waals surface area contributed by atoms with Crippen LogP contribution in [0.25, 0.3) is 0 Å². The third-order valence-corrected chi connectivity index (χ3v) is 3.50. The first kappa shape index (κ1) is 17.2. The molecule has 0 aliphatic rings. The molecule has 1 aromatic carbocycles. The Kier molecular flexibility index (Phi) is 7.45. The molecule has 2 unspecified atom stereocenters. The molecule has 1 amide bonds. The number of hydrogen-bond acceptors (Lipinski definition) is 5. The van der Waals surface area contributed by atoms with E-state index in [1.807, 2.05) is 30.3 Å². The Morgan fingerprint density at radius 1 is 1.29 bits per heavy atom. The number of nitrogens with one attached hydrogen (secondary N) is 1. The van der Waals surface area contributed by atoms with Gasteiger partial charge in [0.05, 0.1) is 7.11 Å². The average molecular weight is 313 g/mol. The zero-order valence-electron chi connectivity index (χ0n) is 12.0. The van der Waals surface area contributed by atoms with Crippen LogP contribution in [0.5, 0.6) is 0 Å². The molecule has 0 aromatic heterocycles. The summed E-state index contributed by atoms with van der Waals surface area (Å²) in [7, 11) is 0.179.